The number of sulfonamides is 1. The van der Waals surface area contributed by atoms with Crippen LogP contribution < -0.4 is 5.32 Å². The summed E-state index contributed by atoms with van der Waals surface area (Å²) in [5, 5.41) is 12.7. The minimum atomic E-state index is -3.38. The molecule has 2 heterocycles. The summed E-state index contributed by atoms with van der Waals surface area (Å²) >= 11 is 1.40. The lowest BCUT2D eigenvalue weighted by atomic mass is 10.2. The second-order valence-electron chi connectivity index (χ2n) is 7.06. The number of nitrogens with zero attached hydrogens (tertiary/aromatic N) is 3. The molecule has 2 aromatic rings. The number of benzene rings is 1. The highest BCUT2D eigenvalue weighted by molar-refractivity contribution is 7.88. The van der Waals surface area contributed by atoms with Crippen molar-refractivity contribution in [3.63, 3.8) is 0 Å². The monoisotopic (exact) mass is 432 g/mol. The van der Waals surface area contributed by atoms with Gasteiger partial charge in [0.05, 0.1) is 17.9 Å². The number of hydrogen-bond donors (Lipinski definition) is 1. The van der Waals surface area contributed by atoms with Crippen molar-refractivity contribution in [2.45, 2.75) is 19.6 Å². The van der Waals surface area contributed by atoms with Crippen LogP contribution in [0.3, 0.4) is 0 Å². The summed E-state index contributed by atoms with van der Waals surface area (Å²) in [6.07, 6.45) is 0. The van der Waals surface area contributed by atoms with E-state index in [2.05, 4.69) is 11.4 Å². The van der Waals surface area contributed by atoms with Crippen LogP contribution in [0.1, 0.15) is 21.6 Å². The van der Waals surface area contributed by atoms with Gasteiger partial charge in [0.25, 0.3) is 0 Å². The second-order valence-corrected chi connectivity index (χ2v) is 10.3. The third kappa shape index (κ3) is 5.22. The average molecular weight is 433 g/mol. The van der Waals surface area contributed by atoms with Gasteiger partial charge in [-0.1, -0.05) is 30.3 Å². The molecule has 0 atom stereocenters. The van der Waals surface area contributed by atoms with E-state index in [1.165, 1.54) is 15.6 Å². The first-order valence-electron chi connectivity index (χ1n) is 9.34. The Balaban J connectivity index is 1.53. The van der Waals surface area contributed by atoms with Crippen LogP contribution in [0.5, 0.6) is 0 Å². The molecule has 1 saturated heterocycles. The number of nitrogens with one attached hydrogen (secondary N) is 1. The fourth-order valence-corrected chi connectivity index (χ4v) is 5.80. The maximum absolute atomic E-state index is 12.6. The molecular weight excluding hydrogens is 408 g/mol. The van der Waals surface area contributed by atoms with E-state index >= 15 is 0 Å². The third-order valence-corrected chi connectivity index (χ3v) is 8.01. The SMILES string of the molecule is Cc1sc(NC(=O)CN2CCN(S(=O)(=O)Cc3ccccc3)CC2)c(C#N)c1C. The number of anilines is 1. The highest BCUT2D eigenvalue weighted by atomic mass is 32.2. The van der Waals surface area contributed by atoms with Gasteiger partial charge in [0.1, 0.15) is 11.1 Å². The van der Waals surface area contributed by atoms with Gasteiger partial charge in [-0.2, -0.15) is 9.57 Å². The fraction of sp³-hybridized carbons (Fsp3) is 0.400. The van der Waals surface area contributed by atoms with Gasteiger partial charge in [0.2, 0.25) is 15.9 Å². The van der Waals surface area contributed by atoms with Gasteiger partial charge in [-0.3, -0.25) is 9.69 Å². The first-order valence-corrected chi connectivity index (χ1v) is 11.8. The zero-order valence-corrected chi connectivity index (χ0v) is 18.1. The molecule has 1 aliphatic heterocycles. The number of hydrogen-bond acceptors (Lipinski definition) is 6. The number of thiophene rings is 1. The van der Waals surface area contributed by atoms with Crippen LogP contribution >= 0.6 is 11.3 Å². The van der Waals surface area contributed by atoms with Crippen molar-refractivity contribution in [1.29, 1.82) is 5.26 Å². The Morgan fingerprint density at radius 2 is 1.83 bits per heavy atom. The molecule has 1 aromatic heterocycles. The third-order valence-electron chi connectivity index (χ3n) is 5.03. The number of amides is 1. The van der Waals surface area contributed by atoms with E-state index in [-0.39, 0.29) is 18.2 Å². The molecule has 7 nitrogen and oxygen atoms in total. The molecule has 154 valence electrons. The number of carbonyl (C=O) groups is 1. The largest absolute Gasteiger partial charge is 0.315 e. The van der Waals surface area contributed by atoms with Crippen LogP contribution in [0.15, 0.2) is 30.3 Å². The quantitative estimate of drug-likeness (QED) is 0.756. The highest BCUT2D eigenvalue weighted by Crippen LogP contribution is 2.31. The van der Waals surface area contributed by atoms with Gasteiger partial charge in [-0.05, 0) is 25.0 Å². The number of rotatable bonds is 6. The van der Waals surface area contributed by atoms with E-state index in [0.29, 0.717) is 36.7 Å². The van der Waals surface area contributed by atoms with Gasteiger partial charge >= 0.3 is 0 Å². The maximum Gasteiger partial charge on any atom is 0.239 e. The Bertz CT molecular complexity index is 1020. The smallest absolute Gasteiger partial charge is 0.239 e. The summed E-state index contributed by atoms with van der Waals surface area (Å²) in [5.74, 6) is -0.203. The summed E-state index contributed by atoms with van der Waals surface area (Å²) in [4.78, 5) is 15.3. The van der Waals surface area contributed by atoms with Crippen LogP contribution in [0.2, 0.25) is 0 Å². The van der Waals surface area contributed by atoms with Crippen LogP contribution in [0.4, 0.5) is 5.00 Å². The normalized spacial score (nSPS) is 15.8. The Kier molecular flexibility index (Phi) is 6.70. The molecule has 1 fully saturated rings. The summed E-state index contributed by atoms with van der Waals surface area (Å²) in [7, 11) is -3.38. The Morgan fingerprint density at radius 1 is 1.17 bits per heavy atom. The minimum Gasteiger partial charge on any atom is -0.315 e. The van der Waals surface area contributed by atoms with Gasteiger partial charge in [0.15, 0.2) is 0 Å². The van der Waals surface area contributed by atoms with Gasteiger partial charge in [-0.25, -0.2) is 8.42 Å². The average Bonchev–Trinajstić information content (AvgIpc) is 2.95. The van der Waals surface area contributed by atoms with E-state index in [4.69, 9.17) is 0 Å². The zero-order chi connectivity index (χ0) is 21.0. The van der Waals surface area contributed by atoms with E-state index in [0.717, 1.165) is 16.0 Å². The standard InChI is InChI=1S/C20H24N4O3S2/c1-15-16(2)28-20(18(15)12-21)22-19(25)13-23-8-10-24(11-9-23)29(26,27)14-17-6-4-3-5-7-17/h3-7H,8-11,13-14H2,1-2H3,(H,22,25). The van der Waals surface area contributed by atoms with Crippen molar-refractivity contribution in [2.24, 2.45) is 0 Å². The summed E-state index contributed by atoms with van der Waals surface area (Å²) in [5.41, 5.74) is 2.17. The molecule has 0 aliphatic carbocycles. The lowest BCUT2D eigenvalue weighted by Gasteiger charge is -2.33. The highest BCUT2D eigenvalue weighted by Gasteiger charge is 2.28. The van der Waals surface area contributed by atoms with Crippen LogP contribution in [-0.4, -0.2) is 56.3 Å². The van der Waals surface area contributed by atoms with Crippen molar-refractivity contribution < 1.29 is 13.2 Å². The first-order chi connectivity index (χ1) is 13.8. The van der Waals surface area contributed by atoms with Crippen molar-refractivity contribution in [3.8, 4) is 6.07 Å². The van der Waals surface area contributed by atoms with Crippen molar-refractivity contribution >= 4 is 32.3 Å². The van der Waals surface area contributed by atoms with Crippen LogP contribution in [-0.2, 0) is 20.6 Å². The van der Waals surface area contributed by atoms with Crippen LogP contribution in [0, 0.1) is 25.2 Å². The molecule has 0 radical (unpaired) electrons. The molecule has 0 spiro atoms. The Morgan fingerprint density at radius 3 is 2.45 bits per heavy atom. The topological polar surface area (TPSA) is 93.5 Å². The molecule has 0 saturated carbocycles. The molecule has 9 heteroatoms. The lowest BCUT2D eigenvalue weighted by Crippen LogP contribution is -2.50. The molecule has 0 bridgehead atoms. The van der Waals surface area contributed by atoms with Crippen LogP contribution in [0.25, 0.3) is 0 Å². The second kappa shape index (κ2) is 9.05. The van der Waals surface area contributed by atoms with Crippen molar-refractivity contribution in [1.82, 2.24) is 9.21 Å². The molecule has 0 unspecified atom stereocenters. The summed E-state index contributed by atoms with van der Waals surface area (Å²) < 4.78 is 26.8. The lowest BCUT2D eigenvalue weighted by molar-refractivity contribution is -0.117. The molecule has 3 rings (SSSR count). The molecule has 1 amide bonds. The predicted molar refractivity (Wildman–Crippen MR) is 114 cm³/mol. The Labute approximate surface area is 175 Å². The maximum atomic E-state index is 12.6. The summed E-state index contributed by atoms with van der Waals surface area (Å²) in [6.45, 7) is 5.69. The molecular formula is C20H24N4O3S2. The first kappa shape index (κ1) is 21.5. The predicted octanol–water partition coefficient (Wildman–Crippen LogP) is 2.32. The molecule has 1 aliphatic rings. The number of carbonyl (C=O) groups excluding carboxylic acids is 1. The van der Waals surface area contributed by atoms with Gasteiger partial charge in [-0.15, -0.1) is 11.3 Å². The van der Waals surface area contributed by atoms with E-state index in [1.807, 2.05) is 49.1 Å². The zero-order valence-electron chi connectivity index (χ0n) is 16.5. The fourth-order valence-electron chi connectivity index (χ4n) is 3.26. The minimum absolute atomic E-state index is 0.0116. The van der Waals surface area contributed by atoms with Crippen molar-refractivity contribution in [3.05, 3.63) is 51.9 Å². The molecule has 1 N–H and O–H groups in total. The van der Waals surface area contributed by atoms with E-state index < -0.39 is 10.0 Å². The van der Waals surface area contributed by atoms with Crippen molar-refractivity contribution in [2.75, 3.05) is 38.0 Å². The number of aryl methyl sites for hydroxylation is 1. The summed E-state index contributed by atoms with van der Waals surface area (Å²) in [6, 6.07) is 11.3. The van der Waals surface area contributed by atoms with E-state index in [9.17, 15) is 18.5 Å². The number of nitriles is 1. The van der Waals surface area contributed by atoms with Gasteiger partial charge in [0, 0.05) is 31.1 Å². The van der Waals surface area contributed by atoms with E-state index in [1.54, 1.807) is 0 Å². The molecule has 29 heavy (non-hydrogen) atoms. The van der Waals surface area contributed by atoms with Gasteiger partial charge < -0.3 is 5.32 Å². The Hall–Kier alpha value is -2.25. The number of piperazine rings is 1. The molecule has 1 aromatic carbocycles.